The Morgan fingerprint density at radius 3 is 3.43 bits per heavy atom. The minimum Gasteiger partial charge on any atom is -0.264 e. The number of hydrogen-bond donors (Lipinski definition) is 0. The smallest absolute Gasteiger partial charge is 0.0843 e. The topological polar surface area (TPSA) is 12.9 Å². The Labute approximate surface area is 47.2 Å². The van der Waals surface area contributed by atoms with Crippen molar-refractivity contribution < 1.29 is 4.11 Å². The van der Waals surface area contributed by atoms with E-state index in [1.165, 1.54) is 6.20 Å². The number of nitrogens with zero attached hydrogens (tertiary/aromatic N) is 1. The number of aromatic nitrogens is 1. The predicted octanol–water partition coefficient (Wildman–Crippen LogP) is 1.39. The Morgan fingerprint density at radius 1 is 1.86 bits per heavy atom. The summed E-state index contributed by atoms with van der Waals surface area (Å²) in [6.45, 7) is 1.62. The van der Waals surface area contributed by atoms with E-state index in [1.807, 2.05) is 0 Å². The summed E-state index contributed by atoms with van der Waals surface area (Å²) < 4.78 is 21.5. The number of pyridine rings is 1. The molecule has 0 fully saturated rings. The molecule has 0 aromatic carbocycles. The molecule has 0 saturated carbocycles. The molecule has 0 unspecified atom stereocenters. The van der Waals surface area contributed by atoms with Crippen molar-refractivity contribution in [1.29, 1.82) is 0 Å². The molecule has 0 atom stereocenters. The van der Waals surface area contributed by atoms with E-state index in [0.29, 0.717) is 5.56 Å². The summed E-state index contributed by atoms with van der Waals surface area (Å²) in [4.78, 5) is 3.60. The van der Waals surface area contributed by atoms with Crippen molar-refractivity contribution in [2.24, 2.45) is 0 Å². The summed E-state index contributed by atoms with van der Waals surface area (Å²) in [5, 5.41) is 0. The van der Waals surface area contributed by atoms with Crippen molar-refractivity contribution in [3.05, 3.63) is 30.0 Å². The molecule has 1 aromatic rings. The van der Waals surface area contributed by atoms with Crippen molar-refractivity contribution in [2.75, 3.05) is 0 Å². The lowest BCUT2D eigenvalue weighted by molar-refractivity contribution is 1.27. The molecule has 1 nitrogen and oxygen atoms in total. The molecule has 0 aliphatic heterocycles. The largest absolute Gasteiger partial charge is 0.264 e. The molecule has 1 aromatic heterocycles. The van der Waals surface area contributed by atoms with Crippen LogP contribution in [0.15, 0.2) is 24.5 Å². The van der Waals surface area contributed by atoms with Crippen LogP contribution in [0, 0.1) is 6.92 Å². The average molecular weight is 96.1 g/mol. The van der Waals surface area contributed by atoms with E-state index in [2.05, 4.69) is 4.98 Å². The zero-order valence-corrected chi connectivity index (χ0v) is 4.02. The molecule has 1 heterocycles. The monoisotopic (exact) mass is 96.1 g/mol. The van der Waals surface area contributed by atoms with E-state index in [-0.39, 0.29) is 18.3 Å². The summed E-state index contributed by atoms with van der Waals surface area (Å²) in [5.74, 6) is 0. The third kappa shape index (κ3) is 1.000. The first-order chi connectivity index (χ1) is 4.63. The zero-order chi connectivity index (χ0) is 7.72. The van der Waals surface area contributed by atoms with Gasteiger partial charge in [0.25, 0.3) is 0 Å². The maximum atomic E-state index is 7.24. The van der Waals surface area contributed by atoms with Gasteiger partial charge in [-0.15, -0.1) is 0 Å². The lowest BCUT2D eigenvalue weighted by Crippen LogP contribution is -1.69. The fraction of sp³-hybridized carbons (Fsp3) is 0.167. The first kappa shape index (κ1) is 1.95. The zero-order valence-electron chi connectivity index (χ0n) is 7.02. The molecular weight excluding hydrogens is 86.1 g/mol. The van der Waals surface area contributed by atoms with Gasteiger partial charge in [-0.3, -0.25) is 4.98 Å². The van der Waals surface area contributed by atoms with Gasteiger partial charge in [0.05, 0.1) is 4.11 Å². The van der Waals surface area contributed by atoms with Gasteiger partial charge < -0.3 is 0 Å². The molecular formula is C6H7N. The average Bonchev–Trinajstić information content (AvgIpc) is 1.93. The van der Waals surface area contributed by atoms with Gasteiger partial charge in [0.1, 0.15) is 0 Å². The lowest BCUT2D eigenvalue weighted by Gasteiger charge is -1.82. The standard InChI is InChI=1S/C6H7N/c1-6-3-2-4-7-5-6/h2-5H,1H3/i2D,3D,5D. The Hall–Kier alpha value is -0.850. The molecule has 1 heteroatoms. The Balaban J connectivity index is 3.34. The molecule has 0 aliphatic carbocycles. The minimum absolute atomic E-state index is 0.0773. The van der Waals surface area contributed by atoms with E-state index in [0.717, 1.165) is 0 Å². The summed E-state index contributed by atoms with van der Waals surface area (Å²) in [7, 11) is 0. The number of hydrogen-bond acceptors (Lipinski definition) is 1. The fourth-order valence-corrected chi connectivity index (χ4v) is 0.330. The maximum absolute atomic E-state index is 7.24. The Kier molecular flexibility index (Phi) is 0.483. The second-order valence-corrected chi connectivity index (χ2v) is 1.26. The van der Waals surface area contributed by atoms with Crippen molar-refractivity contribution >= 4 is 0 Å². The van der Waals surface area contributed by atoms with Crippen LogP contribution in [0.25, 0.3) is 0 Å². The predicted molar refractivity (Wildman–Crippen MR) is 29.0 cm³/mol. The third-order valence-electron chi connectivity index (χ3n) is 0.621. The molecule has 0 aliphatic rings. The normalized spacial score (nSPS) is 14.7. The van der Waals surface area contributed by atoms with Crippen LogP contribution in [0.2, 0.25) is 0 Å². The summed E-state index contributed by atoms with van der Waals surface area (Å²) in [5.41, 5.74) is 0.465. The van der Waals surface area contributed by atoms with Gasteiger partial charge in [-0.05, 0) is 18.5 Å². The Morgan fingerprint density at radius 2 is 2.71 bits per heavy atom. The molecule has 1 rings (SSSR count). The summed E-state index contributed by atoms with van der Waals surface area (Å²) in [6.07, 6.45) is 1.30. The highest BCUT2D eigenvalue weighted by molar-refractivity contribution is 5.04. The van der Waals surface area contributed by atoms with E-state index < -0.39 is 0 Å². The first-order valence-electron chi connectivity index (χ1n) is 3.52. The van der Waals surface area contributed by atoms with Gasteiger partial charge in [-0.25, -0.2) is 0 Å². The van der Waals surface area contributed by atoms with Gasteiger partial charge in [-0.2, -0.15) is 0 Å². The van der Waals surface area contributed by atoms with E-state index in [1.54, 1.807) is 6.92 Å². The van der Waals surface area contributed by atoms with E-state index in [4.69, 9.17) is 4.11 Å². The van der Waals surface area contributed by atoms with Crippen LogP contribution >= 0.6 is 0 Å². The van der Waals surface area contributed by atoms with E-state index in [9.17, 15) is 0 Å². The molecule has 0 N–H and O–H groups in total. The molecule has 36 valence electrons. The third-order valence-corrected chi connectivity index (χ3v) is 0.621. The van der Waals surface area contributed by atoms with Crippen molar-refractivity contribution in [3.63, 3.8) is 0 Å². The second-order valence-electron chi connectivity index (χ2n) is 1.26. The van der Waals surface area contributed by atoms with Gasteiger partial charge in [0.15, 0.2) is 0 Å². The molecule has 0 amide bonds. The fourth-order valence-electron chi connectivity index (χ4n) is 0.330. The van der Waals surface area contributed by atoms with Crippen LogP contribution in [-0.2, 0) is 0 Å². The van der Waals surface area contributed by atoms with Crippen molar-refractivity contribution in [1.82, 2.24) is 4.98 Å². The van der Waals surface area contributed by atoms with E-state index >= 15 is 0 Å². The second kappa shape index (κ2) is 1.73. The SMILES string of the molecule is [2H]c1cnc([2H])c(C)c1[2H]. The van der Waals surface area contributed by atoms with Crippen LogP contribution in [0.5, 0.6) is 0 Å². The first-order valence-corrected chi connectivity index (χ1v) is 2.02. The highest BCUT2D eigenvalue weighted by Crippen LogP contribution is 1.88. The Bertz CT molecular complexity index is 232. The van der Waals surface area contributed by atoms with Gasteiger partial charge in [0.2, 0.25) is 0 Å². The minimum atomic E-state index is 0.0773. The molecule has 0 spiro atoms. The van der Waals surface area contributed by atoms with Crippen LogP contribution in [0.4, 0.5) is 0 Å². The van der Waals surface area contributed by atoms with Crippen LogP contribution < -0.4 is 0 Å². The molecule has 0 saturated heterocycles. The quantitative estimate of drug-likeness (QED) is 0.475. The van der Waals surface area contributed by atoms with Crippen molar-refractivity contribution in [2.45, 2.75) is 6.92 Å². The lowest BCUT2D eigenvalue weighted by atomic mass is 10.3. The van der Waals surface area contributed by atoms with Crippen LogP contribution in [0.1, 0.15) is 9.68 Å². The van der Waals surface area contributed by atoms with Gasteiger partial charge in [-0.1, -0.05) is 6.04 Å². The maximum Gasteiger partial charge on any atom is 0.0843 e. The number of rotatable bonds is 0. The molecule has 7 heavy (non-hydrogen) atoms. The van der Waals surface area contributed by atoms with Crippen LogP contribution in [0.3, 0.4) is 0 Å². The van der Waals surface area contributed by atoms with Crippen molar-refractivity contribution in [3.8, 4) is 0 Å². The van der Waals surface area contributed by atoms with Gasteiger partial charge in [0, 0.05) is 12.4 Å². The summed E-state index contributed by atoms with van der Waals surface area (Å²) in [6, 6.07) is 0.175. The molecule has 0 radical (unpaired) electrons. The highest BCUT2D eigenvalue weighted by atomic mass is 14.6. The van der Waals surface area contributed by atoms with Gasteiger partial charge >= 0.3 is 0 Å². The molecule has 0 bridgehead atoms. The summed E-state index contributed by atoms with van der Waals surface area (Å²) >= 11 is 0. The highest BCUT2D eigenvalue weighted by Gasteiger charge is 1.73. The van der Waals surface area contributed by atoms with Crippen LogP contribution in [-0.4, -0.2) is 4.98 Å².